The Morgan fingerprint density at radius 2 is 1.73 bits per heavy atom. The summed E-state index contributed by atoms with van der Waals surface area (Å²) in [6.45, 7) is 0.149. The molecule has 0 heterocycles. The number of hydrogen-bond acceptors (Lipinski definition) is 4. The maximum atomic E-state index is 11.9. The summed E-state index contributed by atoms with van der Waals surface area (Å²) in [5, 5.41) is 6.24. The molecule has 1 amide bonds. The minimum Gasteiger partial charge on any atom is -0.497 e. The zero-order valence-corrected chi connectivity index (χ0v) is 13.1. The number of amides is 1. The second-order valence-corrected chi connectivity index (χ2v) is 4.89. The van der Waals surface area contributed by atoms with Crippen molar-refractivity contribution in [3.05, 3.63) is 47.5 Å². The van der Waals surface area contributed by atoms with E-state index < -0.39 is 0 Å². The predicted molar refractivity (Wildman–Crippen MR) is 88.1 cm³/mol. The van der Waals surface area contributed by atoms with Gasteiger partial charge >= 0.3 is 0 Å². The molecule has 0 saturated heterocycles. The zero-order chi connectivity index (χ0) is 15.9. The van der Waals surface area contributed by atoms with Crippen molar-refractivity contribution in [3.8, 4) is 11.5 Å². The summed E-state index contributed by atoms with van der Waals surface area (Å²) in [4.78, 5) is 11.9. The Labute approximate surface area is 134 Å². The van der Waals surface area contributed by atoms with Crippen LogP contribution < -0.4 is 20.1 Å². The monoisotopic (exact) mass is 320 g/mol. The van der Waals surface area contributed by atoms with Crippen LogP contribution in [0.1, 0.15) is 0 Å². The molecule has 0 unspecified atom stereocenters. The highest BCUT2D eigenvalue weighted by Gasteiger charge is 2.05. The molecule has 0 aliphatic heterocycles. The first-order valence-corrected chi connectivity index (χ1v) is 7.01. The van der Waals surface area contributed by atoms with Gasteiger partial charge in [-0.25, -0.2) is 0 Å². The lowest BCUT2D eigenvalue weighted by molar-refractivity contribution is -0.114. The molecular formula is C16H17ClN2O3. The molecule has 2 N–H and O–H groups in total. The summed E-state index contributed by atoms with van der Waals surface area (Å²) in [5.74, 6) is 1.16. The number of anilines is 2. The molecule has 0 atom stereocenters. The van der Waals surface area contributed by atoms with Gasteiger partial charge < -0.3 is 20.1 Å². The van der Waals surface area contributed by atoms with Gasteiger partial charge in [-0.1, -0.05) is 11.6 Å². The van der Waals surface area contributed by atoms with Gasteiger partial charge in [0, 0.05) is 11.4 Å². The van der Waals surface area contributed by atoms with Crippen LogP contribution >= 0.6 is 11.6 Å². The van der Waals surface area contributed by atoms with Crippen LogP contribution in [0.5, 0.6) is 11.5 Å². The first kappa shape index (κ1) is 16.0. The van der Waals surface area contributed by atoms with E-state index >= 15 is 0 Å². The summed E-state index contributed by atoms with van der Waals surface area (Å²) in [7, 11) is 3.15. The van der Waals surface area contributed by atoms with Crippen molar-refractivity contribution in [2.24, 2.45) is 0 Å². The van der Waals surface area contributed by atoms with Gasteiger partial charge in [-0.2, -0.15) is 0 Å². The molecule has 116 valence electrons. The van der Waals surface area contributed by atoms with Gasteiger partial charge in [-0.15, -0.1) is 0 Å². The molecule has 2 aromatic rings. The van der Waals surface area contributed by atoms with Crippen molar-refractivity contribution in [3.63, 3.8) is 0 Å². The average molecular weight is 321 g/mol. The van der Waals surface area contributed by atoms with E-state index in [4.69, 9.17) is 21.1 Å². The van der Waals surface area contributed by atoms with Gasteiger partial charge in [0.25, 0.3) is 0 Å². The van der Waals surface area contributed by atoms with Crippen LogP contribution in [-0.2, 0) is 4.79 Å². The van der Waals surface area contributed by atoms with Crippen molar-refractivity contribution in [1.29, 1.82) is 0 Å². The van der Waals surface area contributed by atoms with Gasteiger partial charge in [-0.3, -0.25) is 4.79 Å². The maximum absolute atomic E-state index is 11.9. The molecule has 2 rings (SSSR count). The zero-order valence-electron chi connectivity index (χ0n) is 12.4. The number of benzene rings is 2. The number of halogens is 1. The van der Waals surface area contributed by atoms with E-state index in [2.05, 4.69) is 10.6 Å². The Kier molecular flexibility index (Phi) is 5.49. The summed E-state index contributed by atoms with van der Waals surface area (Å²) in [6.07, 6.45) is 0. The Morgan fingerprint density at radius 1 is 1.05 bits per heavy atom. The Bertz CT molecular complexity index is 644. The van der Waals surface area contributed by atoms with Gasteiger partial charge in [0.2, 0.25) is 5.91 Å². The molecule has 22 heavy (non-hydrogen) atoms. The highest BCUT2D eigenvalue weighted by Crippen LogP contribution is 2.27. The third kappa shape index (κ3) is 4.30. The summed E-state index contributed by atoms with van der Waals surface area (Å²) < 4.78 is 10.1. The number of nitrogens with one attached hydrogen (secondary N) is 2. The minimum absolute atomic E-state index is 0.149. The van der Waals surface area contributed by atoms with E-state index in [0.717, 1.165) is 11.4 Å². The second-order valence-electron chi connectivity index (χ2n) is 4.48. The van der Waals surface area contributed by atoms with E-state index in [1.54, 1.807) is 25.3 Å². The van der Waals surface area contributed by atoms with E-state index in [-0.39, 0.29) is 12.5 Å². The average Bonchev–Trinajstić information content (AvgIpc) is 2.53. The Balaban J connectivity index is 1.88. The van der Waals surface area contributed by atoms with Crippen LogP contribution in [0.2, 0.25) is 5.02 Å². The van der Waals surface area contributed by atoms with Gasteiger partial charge in [0.1, 0.15) is 11.5 Å². The molecular weight excluding hydrogens is 304 g/mol. The van der Waals surface area contributed by atoms with Crippen LogP contribution in [0.3, 0.4) is 0 Å². The molecule has 0 saturated carbocycles. The molecule has 0 fully saturated rings. The molecule has 5 nitrogen and oxygen atoms in total. The molecule has 0 spiro atoms. The first-order chi connectivity index (χ1) is 10.6. The summed E-state index contributed by atoms with van der Waals surface area (Å²) >= 11 is 6.01. The SMILES string of the molecule is COc1ccc(NCC(=O)Nc2ccc(OC)c(Cl)c2)cc1. The quantitative estimate of drug-likeness (QED) is 0.856. The summed E-state index contributed by atoms with van der Waals surface area (Å²) in [5.41, 5.74) is 1.45. The number of methoxy groups -OCH3 is 2. The lowest BCUT2D eigenvalue weighted by Crippen LogP contribution is -2.21. The number of hydrogen-bond donors (Lipinski definition) is 2. The minimum atomic E-state index is -0.169. The van der Waals surface area contributed by atoms with E-state index in [9.17, 15) is 4.79 Å². The van der Waals surface area contributed by atoms with Crippen LogP contribution in [0.4, 0.5) is 11.4 Å². The van der Waals surface area contributed by atoms with Gasteiger partial charge in [0.15, 0.2) is 0 Å². The topological polar surface area (TPSA) is 59.6 Å². The smallest absolute Gasteiger partial charge is 0.243 e. The molecule has 6 heteroatoms. The molecule has 2 aromatic carbocycles. The number of ether oxygens (including phenoxy) is 2. The lowest BCUT2D eigenvalue weighted by atomic mass is 10.3. The molecule has 0 aromatic heterocycles. The highest BCUT2D eigenvalue weighted by atomic mass is 35.5. The molecule has 0 bridgehead atoms. The normalized spacial score (nSPS) is 9.95. The molecule has 0 aliphatic rings. The van der Waals surface area contributed by atoms with Crippen molar-refractivity contribution in [1.82, 2.24) is 0 Å². The third-order valence-corrected chi connectivity index (χ3v) is 3.27. The van der Waals surface area contributed by atoms with E-state index in [1.807, 2.05) is 24.3 Å². The van der Waals surface area contributed by atoms with Crippen LogP contribution in [0.25, 0.3) is 0 Å². The number of carbonyl (C=O) groups is 1. The fraction of sp³-hybridized carbons (Fsp3) is 0.188. The number of carbonyl (C=O) groups excluding carboxylic acids is 1. The highest BCUT2D eigenvalue weighted by molar-refractivity contribution is 6.32. The predicted octanol–water partition coefficient (Wildman–Crippen LogP) is 3.41. The fourth-order valence-corrected chi connectivity index (χ4v) is 2.10. The van der Waals surface area contributed by atoms with E-state index in [1.165, 1.54) is 7.11 Å². The summed E-state index contributed by atoms with van der Waals surface area (Å²) in [6, 6.07) is 12.4. The van der Waals surface area contributed by atoms with Crippen molar-refractivity contribution < 1.29 is 14.3 Å². The Morgan fingerprint density at radius 3 is 2.32 bits per heavy atom. The van der Waals surface area contributed by atoms with E-state index in [0.29, 0.717) is 16.5 Å². The fourth-order valence-electron chi connectivity index (χ4n) is 1.84. The van der Waals surface area contributed by atoms with Crippen LogP contribution in [0.15, 0.2) is 42.5 Å². The number of rotatable bonds is 6. The third-order valence-electron chi connectivity index (χ3n) is 2.98. The van der Waals surface area contributed by atoms with Gasteiger partial charge in [0.05, 0.1) is 25.8 Å². The Hall–Kier alpha value is -2.40. The van der Waals surface area contributed by atoms with Crippen molar-refractivity contribution in [2.75, 3.05) is 31.4 Å². The standard InChI is InChI=1S/C16H17ClN2O3/c1-21-13-6-3-11(4-7-13)18-10-16(20)19-12-5-8-15(22-2)14(17)9-12/h3-9,18H,10H2,1-2H3,(H,19,20). The van der Waals surface area contributed by atoms with Crippen molar-refractivity contribution in [2.45, 2.75) is 0 Å². The first-order valence-electron chi connectivity index (χ1n) is 6.63. The lowest BCUT2D eigenvalue weighted by Gasteiger charge is -2.10. The van der Waals surface area contributed by atoms with Crippen LogP contribution in [0, 0.1) is 0 Å². The van der Waals surface area contributed by atoms with Crippen molar-refractivity contribution >= 4 is 28.9 Å². The van der Waals surface area contributed by atoms with Crippen LogP contribution in [-0.4, -0.2) is 26.7 Å². The molecule has 0 aliphatic carbocycles. The molecule has 0 radical (unpaired) electrons. The maximum Gasteiger partial charge on any atom is 0.243 e. The largest absolute Gasteiger partial charge is 0.497 e. The van der Waals surface area contributed by atoms with Gasteiger partial charge in [-0.05, 0) is 42.5 Å². The second kappa shape index (κ2) is 7.56.